The van der Waals surface area contributed by atoms with Gasteiger partial charge in [0.25, 0.3) is 0 Å². The zero-order chi connectivity index (χ0) is 15.7. The predicted molar refractivity (Wildman–Crippen MR) is 85.6 cm³/mol. The molecule has 114 valence electrons. The van der Waals surface area contributed by atoms with Gasteiger partial charge in [0.2, 0.25) is 0 Å². The van der Waals surface area contributed by atoms with Crippen molar-refractivity contribution in [2.45, 2.75) is 26.3 Å². The van der Waals surface area contributed by atoms with E-state index in [4.69, 9.17) is 0 Å². The van der Waals surface area contributed by atoms with Crippen molar-refractivity contribution in [2.75, 3.05) is 11.4 Å². The SMILES string of the molecule is Cc1cc(CNC(=O)N2CC(C)c3ccccc32)ccc1F. The second kappa shape index (κ2) is 5.79. The molecule has 0 spiro atoms. The third-order valence-corrected chi connectivity index (χ3v) is 4.13. The number of nitrogens with one attached hydrogen (secondary N) is 1. The summed E-state index contributed by atoms with van der Waals surface area (Å²) in [7, 11) is 0. The number of nitrogens with zero attached hydrogens (tertiary/aromatic N) is 1. The second-order valence-corrected chi connectivity index (χ2v) is 5.81. The Balaban J connectivity index is 1.69. The molecule has 0 fully saturated rings. The third kappa shape index (κ3) is 2.69. The molecule has 2 aromatic rings. The Morgan fingerprint density at radius 2 is 2.09 bits per heavy atom. The highest BCUT2D eigenvalue weighted by Crippen LogP contribution is 2.35. The molecule has 1 N–H and O–H groups in total. The Morgan fingerprint density at radius 1 is 1.32 bits per heavy atom. The quantitative estimate of drug-likeness (QED) is 0.894. The van der Waals surface area contributed by atoms with Crippen LogP contribution >= 0.6 is 0 Å². The minimum absolute atomic E-state index is 0.112. The van der Waals surface area contributed by atoms with Gasteiger partial charge in [-0.1, -0.05) is 37.3 Å². The smallest absolute Gasteiger partial charge is 0.322 e. The highest BCUT2D eigenvalue weighted by atomic mass is 19.1. The molecule has 1 atom stereocenters. The van der Waals surface area contributed by atoms with Crippen LogP contribution in [0.25, 0.3) is 0 Å². The van der Waals surface area contributed by atoms with E-state index in [-0.39, 0.29) is 11.8 Å². The van der Waals surface area contributed by atoms with E-state index >= 15 is 0 Å². The largest absolute Gasteiger partial charge is 0.334 e. The molecule has 1 unspecified atom stereocenters. The lowest BCUT2D eigenvalue weighted by atomic mass is 10.0. The fourth-order valence-electron chi connectivity index (χ4n) is 2.90. The highest BCUT2D eigenvalue weighted by molar-refractivity contribution is 5.94. The lowest BCUT2D eigenvalue weighted by Crippen LogP contribution is -2.38. The van der Waals surface area contributed by atoms with Crippen LogP contribution in [0.3, 0.4) is 0 Å². The summed E-state index contributed by atoms with van der Waals surface area (Å²) in [5, 5.41) is 2.91. The van der Waals surface area contributed by atoms with Crippen molar-refractivity contribution in [1.29, 1.82) is 0 Å². The van der Waals surface area contributed by atoms with Crippen LogP contribution in [0.5, 0.6) is 0 Å². The first-order chi connectivity index (χ1) is 10.6. The number of amides is 2. The molecule has 2 aromatic carbocycles. The molecule has 0 saturated heterocycles. The summed E-state index contributed by atoms with van der Waals surface area (Å²) in [6.45, 7) is 4.93. The zero-order valence-electron chi connectivity index (χ0n) is 12.8. The van der Waals surface area contributed by atoms with Crippen LogP contribution in [0.1, 0.15) is 29.5 Å². The summed E-state index contributed by atoms with van der Waals surface area (Å²) in [6, 6.07) is 12.8. The molecule has 0 aromatic heterocycles. The van der Waals surface area contributed by atoms with Crippen molar-refractivity contribution in [1.82, 2.24) is 5.32 Å². The molecule has 0 radical (unpaired) electrons. The van der Waals surface area contributed by atoms with Gasteiger partial charge in [-0.05, 0) is 35.7 Å². The van der Waals surface area contributed by atoms with Gasteiger partial charge >= 0.3 is 6.03 Å². The summed E-state index contributed by atoms with van der Waals surface area (Å²) in [5.74, 6) is 0.118. The summed E-state index contributed by atoms with van der Waals surface area (Å²) < 4.78 is 13.3. The highest BCUT2D eigenvalue weighted by Gasteiger charge is 2.29. The maximum atomic E-state index is 13.3. The number of carbonyl (C=O) groups excluding carboxylic acids is 1. The summed E-state index contributed by atoms with van der Waals surface area (Å²) >= 11 is 0. The van der Waals surface area contributed by atoms with E-state index in [9.17, 15) is 9.18 Å². The number of benzene rings is 2. The molecule has 0 bridgehead atoms. The summed E-state index contributed by atoms with van der Waals surface area (Å²) in [6.07, 6.45) is 0. The van der Waals surface area contributed by atoms with Crippen LogP contribution in [0.2, 0.25) is 0 Å². The van der Waals surface area contributed by atoms with E-state index in [2.05, 4.69) is 18.3 Å². The van der Waals surface area contributed by atoms with Crippen LogP contribution in [0, 0.1) is 12.7 Å². The first kappa shape index (κ1) is 14.6. The van der Waals surface area contributed by atoms with Crippen LogP contribution in [-0.4, -0.2) is 12.6 Å². The fraction of sp³-hybridized carbons (Fsp3) is 0.278. The van der Waals surface area contributed by atoms with Gasteiger partial charge in [-0.15, -0.1) is 0 Å². The number of urea groups is 1. The average Bonchev–Trinajstić information content (AvgIpc) is 2.86. The lowest BCUT2D eigenvalue weighted by Gasteiger charge is -2.18. The van der Waals surface area contributed by atoms with Crippen LogP contribution in [-0.2, 0) is 6.54 Å². The normalized spacial score (nSPS) is 16.5. The standard InChI is InChI=1S/C18H19FN2O/c1-12-9-14(7-8-16(12)19)10-20-18(22)21-11-13(2)15-5-3-4-6-17(15)21/h3-9,13H,10-11H2,1-2H3,(H,20,22). The van der Waals surface area contributed by atoms with Crippen molar-refractivity contribution in [3.63, 3.8) is 0 Å². The molecule has 3 rings (SSSR count). The molecule has 1 aliphatic rings. The van der Waals surface area contributed by atoms with Gasteiger partial charge in [0, 0.05) is 24.7 Å². The Hall–Kier alpha value is -2.36. The Morgan fingerprint density at radius 3 is 2.86 bits per heavy atom. The maximum Gasteiger partial charge on any atom is 0.322 e. The molecule has 1 aliphatic heterocycles. The molecular weight excluding hydrogens is 279 g/mol. The molecular formula is C18H19FN2O. The number of para-hydroxylation sites is 1. The van der Waals surface area contributed by atoms with Crippen molar-refractivity contribution in [3.05, 3.63) is 65.0 Å². The molecule has 0 saturated carbocycles. The van der Waals surface area contributed by atoms with E-state index < -0.39 is 0 Å². The van der Waals surface area contributed by atoms with Gasteiger partial charge in [0.1, 0.15) is 5.82 Å². The van der Waals surface area contributed by atoms with Gasteiger partial charge in [0.15, 0.2) is 0 Å². The molecule has 22 heavy (non-hydrogen) atoms. The second-order valence-electron chi connectivity index (χ2n) is 5.81. The number of aryl methyl sites for hydroxylation is 1. The van der Waals surface area contributed by atoms with Crippen LogP contribution in [0.4, 0.5) is 14.9 Å². The minimum Gasteiger partial charge on any atom is -0.334 e. The van der Waals surface area contributed by atoms with Crippen molar-refractivity contribution >= 4 is 11.7 Å². The van der Waals surface area contributed by atoms with Gasteiger partial charge in [0.05, 0.1) is 0 Å². The lowest BCUT2D eigenvalue weighted by molar-refractivity contribution is 0.246. The first-order valence-electron chi connectivity index (χ1n) is 7.45. The van der Waals surface area contributed by atoms with Crippen molar-refractivity contribution in [2.24, 2.45) is 0 Å². The number of anilines is 1. The zero-order valence-corrected chi connectivity index (χ0v) is 12.8. The average molecular weight is 298 g/mol. The van der Waals surface area contributed by atoms with E-state index in [1.54, 1.807) is 24.0 Å². The number of hydrogen-bond acceptors (Lipinski definition) is 1. The van der Waals surface area contributed by atoms with E-state index in [1.807, 2.05) is 18.2 Å². The predicted octanol–water partition coefficient (Wildman–Crippen LogP) is 3.97. The van der Waals surface area contributed by atoms with E-state index in [0.717, 1.165) is 11.3 Å². The third-order valence-electron chi connectivity index (χ3n) is 4.13. The van der Waals surface area contributed by atoms with Crippen molar-refractivity contribution < 1.29 is 9.18 Å². The van der Waals surface area contributed by atoms with Gasteiger partial charge in [-0.2, -0.15) is 0 Å². The number of fused-ring (bicyclic) bond motifs is 1. The monoisotopic (exact) mass is 298 g/mol. The number of carbonyl (C=O) groups is 1. The Kier molecular flexibility index (Phi) is 3.84. The summed E-state index contributed by atoms with van der Waals surface area (Å²) in [4.78, 5) is 14.2. The maximum absolute atomic E-state index is 13.3. The molecule has 3 nitrogen and oxygen atoms in total. The number of halogens is 1. The van der Waals surface area contributed by atoms with Crippen LogP contribution in [0.15, 0.2) is 42.5 Å². The Labute approximate surface area is 129 Å². The van der Waals surface area contributed by atoms with Gasteiger partial charge < -0.3 is 5.32 Å². The van der Waals surface area contributed by atoms with Crippen LogP contribution < -0.4 is 10.2 Å². The number of hydrogen-bond donors (Lipinski definition) is 1. The van der Waals surface area contributed by atoms with Gasteiger partial charge in [-0.25, -0.2) is 9.18 Å². The number of rotatable bonds is 2. The Bertz CT molecular complexity index is 714. The fourth-order valence-corrected chi connectivity index (χ4v) is 2.90. The topological polar surface area (TPSA) is 32.3 Å². The molecule has 4 heteroatoms. The van der Waals surface area contributed by atoms with E-state index in [0.29, 0.717) is 24.6 Å². The first-order valence-corrected chi connectivity index (χ1v) is 7.45. The molecule has 0 aliphatic carbocycles. The molecule has 2 amide bonds. The van der Waals surface area contributed by atoms with E-state index in [1.165, 1.54) is 11.6 Å². The van der Waals surface area contributed by atoms with Gasteiger partial charge in [-0.3, -0.25) is 4.90 Å². The minimum atomic E-state index is -0.225. The summed E-state index contributed by atoms with van der Waals surface area (Å²) in [5.41, 5.74) is 3.66. The van der Waals surface area contributed by atoms with Crippen molar-refractivity contribution in [3.8, 4) is 0 Å². The molecule has 1 heterocycles.